The molecule has 4 rings (SSSR count). The summed E-state index contributed by atoms with van der Waals surface area (Å²) in [5.74, 6) is 3.14. The van der Waals surface area contributed by atoms with Crippen molar-refractivity contribution in [3.05, 3.63) is 29.7 Å². The molecular weight excluding hydrogens is 296 g/mol. The number of anilines is 1. The molecule has 120 valence electrons. The third-order valence-corrected chi connectivity index (χ3v) is 3.92. The Bertz CT molecular complexity index is 825. The largest absolute Gasteiger partial charge is 0.366 e. The zero-order valence-corrected chi connectivity index (χ0v) is 13.1. The maximum Gasteiger partial charge on any atom is 0.254 e. The highest BCUT2D eigenvalue weighted by molar-refractivity contribution is 5.47. The molecule has 0 aliphatic carbocycles. The van der Waals surface area contributed by atoms with E-state index in [1.54, 1.807) is 4.52 Å². The van der Waals surface area contributed by atoms with Crippen molar-refractivity contribution in [1.29, 1.82) is 0 Å². The SMILES string of the molecule is CCc1nc(C2CN(c3cc(C)nc4ncnn34)CCO2)n[nH]1. The van der Waals surface area contributed by atoms with Gasteiger partial charge >= 0.3 is 0 Å². The second-order valence-corrected chi connectivity index (χ2v) is 5.53. The van der Waals surface area contributed by atoms with E-state index in [1.807, 2.05) is 19.9 Å². The maximum atomic E-state index is 5.85. The Morgan fingerprint density at radius 1 is 1.39 bits per heavy atom. The van der Waals surface area contributed by atoms with E-state index >= 15 is 0 Å². The molecule has 0 spiro atoms. The number of hydrogen-bond donors (Lipinski definition) is 1. The van der Waals surface area contributed by atoms with Crippen molar-refractivity contribution in [3.8, 4) is 0 Å². The van der Waals surface area contributed by atoms with Crippen LogP contribution in [0.15, 0.2) is 12.4 Å². The fourth-order valence-electron chi connectivity index (χ4n) is 2.76. The van der Waals surface area contributed by atoms with Gasteiger partial charge in [-0.3, -0.25) is 5.10 Å². The second kappa shape index (κ2) is 5.58. The number of aryl methyl sites for hydroxylation is 2. The number of ether oxygens (including phenoxy) is 1. The van der Waals surface area contributed by atoms with Gasteiger partial charge in [-0.1, -0.05) is 6.92 Å². The fraction of sp³-hybridized carbons (Fsp3) is 0.500. The molecule has 1 aliphatic rings. The van der Waals surface area contributed by atoms with Crippen molar-refractivity contribution in [2.45, 2.75) is 26.4 Å². The average molecular weight is 314 g/mol. The average Bonchev–Trinajstić information content (AvgIpc) is 3.23. The molecule has 9 heteroatoms. The van der Waals surface area contributed by atoms with Crippen molar-refractivity contribution >= 4 is 11.6 Å². The molecule has 1 unspecified atom stereocenters. The minimum Gasteiger partial charge on any atom is -0.366 e. The zero-order chi connectivity index (χ0) is 15.8. The molecular formula is C14H18N8O. The lowest BCUT2D eigenvalue weighted by Crippen LogP contribution is -2.40. The molecule has 0 aromatic carbocycles. The smallest absolute Gasteiger partial charge is 0.254 e. The van der Waals surface area contributed by atoms with E-state index in [1.165, 1.54) is 6.33 Å². The Hall–Kier alpha value is -2.55. The van der Waals surface area contributed by atoms with Crippen LogP contribution in [-0.2, 0) is 11.2 Å². The predicted octanol–water partition coefficient (Wildman–Crippen LogP) is 0.691. The van der Waals surface area contributed by atoms with Crippen LogP contribution in [0.3, 0.4) is 0 Å². The summed E-state index contributed by atoms with van der Waals surface area (Å²) in [6.07, 6.45) is 2.19. The molecule has 4 heterocycles. The van der Waals surface area contributed by atoms with Crippen LogP contribution < -0.4 is 4.90 Å². The number of rotatable bonds is 3. The van der Waals surface area contributed by atoms with Gasteiger partial charge in [0, 0.05) is 24.7 Å². The summed E-state index contributed by atoms with van der Waals surface area (Å²) in [7, 11) is 0. The second-order valence-electron chi connectivity index (χ2n) is 5.53. The topological polar surface area (TPSA) is 97.1 Å². The lowest BCUT2D eigenvalue weighted by Gasteiger charge is -2.33. The first-order chi connectivity index (χ1) is 11.2. The number of aromatic amines is 1. The Morgan fingerprint density at radius 3 is 3.13 bits per heavy atom. The van der Waals surface area contributed by atoms with E-state index in [0.717, 1.165) is 30.3 Å². The van der Waals surface area contributed by atoms with Crippen LogP contribution in [0.5, 0.6) is 0 Å². The van der Waals surface area contributed by atoms with Gasteiger partial charge in [0.15, 0.2) is 5.82 Å². The molecule has 0 amide bonds. The van der Waals surface area contributed by atoms with Crippen LogP contribution in [0.2, 0.25) is 0 Å². The first-order valence-corrected chi connectivity index (χ1v) is 7.69. The number of aromatic nitrogens is 7. The molecule has 3 aromatic rings. The van der Waals surface area contributed by atoms with Gasteiger partial charge in [0.25, 0.3) is 5.78 Å². The Labute approximate surface area is 132 Å². The van der Waals surface area contributed by atoms with Crippen LogP contribution in [0.1, 0.15) is 30.4 Å². The van der Waals surface area contributed by atoms with Crippen molar-refractivity contribution in [2.24, 2.45) is 0 Å². The minimum absolute atomic E-state index is 0.160. The molecule has 1 N–H and O–H groups in total. The third kappa shape index (κ3) is 2.52. The summed E-state index contributed by atoms with van der Waals surface area (Å²) in [4.78, 5) is 15.3. The molecule has 3 aromatic heterocycles. The standard InChI is InChI=1S/C14H18N8O/c1-3-11-18-13(20-19-11)10-7-21(4-5-23-10)12-6-9(2)17-14-15-8-16-22(12)14/h6,8,10H,3-5,7H2,1-2H3,(H,18,19,20). The third-order valence-electron chi connectivity index (χ3n) is 3.92. The Balaban J connectivity index is 1.64. The van der Waals surface area contributed by atoms with Crippen molar-refractivity contribution in [1.82, 2.24) is 34.8 Å². The summed E-state index contributed by atoms with van der Waals surface area (Å²) in [6, 6.07) is 2.01. The van der Waals surface area contributed by atoms with E-state index in [0.29, 0.717) is 24.8 Å². The van der Waals surface area contributed by atoms with Crippen LogP contribution in [0.4, 0.5) is 5.82 Å². The molecule has 0 radical (unpaired) electrons. The molecule has 0 saturated carbocycles. The van der Waals surface area contributed by atoms with Crippen LogP contribution in [0.25, 0.3) is 5.78 Å². The zero-order valence-electron chi connectivity index (χ0n) is 13.1. The summed E-state index contributed by atoms with van der Waals surface area (Å²) in [5.41, 5.74) is 0.912. The van der Waals surface area contributed by atoms with E-state index < -0.39 is 0 Å². The molecule has 1 atom stereocenters. The van der Waals surface area contributed by atoms with Gasteiger partial charge in [0.2, 0.25) is 0 Å². The van der Waals surface area contributed by atoms with Gasteiger partial charge in [-0.2, -0.15) is 19.7 Å². The first kappa shape index (κ1) is 14.1. The molecule has 23 heavy (non-hydrogen) atoms. The first-order valence-electron chi connectivity index (χ1n) is 7.69. The van der Waals surface area contributed by atoms with E-state index in [4.69, 9.17) is 4.74 Å². The highest BCUT2D eigenvalue weighted by Gasteiger charge is 2.27. The van der Waals surface area contributed by atoms with Gasteiger partial charge < -0.3 is 9.64 Å². The maximum absolute atomic E-state index is 5.85. The van der Waals surface area contributed by atoms with E-state index in [-0.39, 0.29) is 6.10 Å². The van der Waals surface area contributed by atoms with Gasteiger partial charge in [-0.25, -0.2) is 9.97 Å². The predicted molar refractivity (Wildman–Crippen MR) is 82.2 cm³/mol. The Morgan fingerprint density at radius 2 is 2.30 bits per heavy atom. The summed E-state index contributed by atoms with van der Waals surface area (Å²) < 4.78 is 7.60. The lowest BCUT2D eigenvalue weighted by molar-refractivity contribution is 0.0338. The molecule has 1 aliphatic heterocycles. The summed E-state index contributed by atoms with van der Waals surface area (Å²) in [6.45, 7) is 6.05. The number of H-pyrrole nitrogens is 1. The highest BCUT2D eigenvalue weighted by atomic mass is 16.5. The van der Waals surface area contributed by atoms with E-state index in [9.17, 15) is 0 Å². The van der Waals surface area contributed by atoms with Crippen LogP contribution >= 0.6 is 0 Å². The van der Waals surface area contributed by atoms with Gasteiger partial charge in [-0.15, -0.1) is 0 Å². The van der Waals surface area contributed by atoms with E-state index in [2.05, 4.69) is 35.1 Å². The number of fused-ring (bicyclic) bond motifs is 1. The van der Waals surface area contributed by atoms with Crippen molar-refractivity contribution < 1.29 is 4.74 Å². The minimum atomic E-state index is -0.160. The van der Waals surface area contributed by atoms with Crippen LogP contribution in [0, 0.1) is 6.92 Å². The monoisotopic (exact) mass is 314 g/mol. The number of morpholine rings is 1. The lowest BCUT2D eigenvalue weighted by atomic mass is 10.2. The Kier molecular flexibility index (Phi) is 3.41. The van der Waals surface area contributed by atoms with Crippen molar-refractivity contribution in [2.75, 3.05) is 24.6 Å². The van der Waals surface area contributed by atoms with Gasteiger partial charge in [-0.05, 0) is 6.92 Å². The molecule has 0 bridgehead atoms. The summed E-state index contributed by atoms with van der Waals surface area (Å²) >= 11 is 0. The number of nitrogens with one attached hydrogen (secondary N) is 1. The molecule has 1 saturated heterocycles. The fourth-order valence-corrected chi connectivity index (χ4v) is 2.76. The van der Waals surface area contributed by atoms with Gasteiger partial charge in [0.05, 0.1) is 13.2 Å². The molecule has 9 nitrogen and oxygen atoms in total. The highest BCUT2D eigenvalue weighted by Crippen LogP contribution is 2.24. The quantitative estimate of drug-likeness (QED) is 0.759. The van der Waals surface area contributed by atoms with Gasteiger partial charge in [0.1, 0.15) is 24.1 Å². The van der Waals surface area contributed by atoms with Crippen molar-refractivity contribution in [3.63, 3.8) is 0 Å². The molecule has 1 fully saturated rings. The normalized spacial score (nSPS) is 18.7. The number of nitrogens with zero attached hydrogens (tertiary/aromatic N) is 7. The number of hydrogen-bond acceptors (Lipinski definition) is 7. The summed E-state index contributed by atoms with van der Waals surface area (Å²) in [5, 5.41) is 11.5. The van der Waals surface area contributed by atoms with Crippen LogP contribution in [-0.4, -0.2) is 54.5 Å².